The molecule has 6 aliphatic rings. The van der Waals surface area contributed by atoms with Crippen LogP contribution in [0.3, 0.4) is 0 Å². The van der Waals surface area contributed by atoms with Gasteiger partial charge in [-0.1, -0.05) is 53.5 Å². The summed E-state index contributed by atoms with van der Waals surface area (Å²) in [5.74, 6) is 2.00. The minimum Gasteiger partial charge on any atom is -0.458 e. The summed E-state index contributed by atoms with van der Waals surface area (Å²) >= 11 is 0. The highest BCUT2D eigenvalue weighted by Crippen LogP contribution is 2.61. The number of esters is 2. The lowest BCUT2D eigenvalue weighted by molar-refractivity contribution is -0.150. The van der Waals surface area contributed by atoms with Crippen LogP contribution in [0.5, 0.6) is 0 Å². The Bertz CT molecular complexity index is 783. The zero-order valence-electron chi connectivity index (χ0n) is 18.9. The molecule has 0 amide bonds. The van der Waals surface area contributed by atoms with Gasteiger partial charge in [-0.15, -0.1) is 0 Å². The summed E-state index contributed by atoms with van der Waals surface area (Å²) in [4.78, 5) is 22.1. The van der Waals surface area contributed by atoms with E-state index in [0.29, 0.717) is 35.2 Å². The van der Waals surface area contributed by atoms with Crippen LogP contribution in [-0.4, -0.2) is 24.6 Å². The van der Waals surface area contributed by atoms with Gasteiger partial charge in [-0.3, -0.25) is 0 Å². The van der Waals surface area contributed by atoms with E-state index in [2.05, 4.69) is 53.5 Å². The lowest BCUT2D eigenvalue weighted by Crippen LogP contribution is -2.54. The highest BCUT2D eigenvalue weighted by molar-refractivity contribution is 5.81. The summed E-state index contributed by atoms with van der Waals surface area (Å²) in [6, 6.07) is 0. The van der Waals surface area contributed by atoms with Gasteiger partial charge in [0.25, 0.3) is 0 Å². The van der Waals surface area contributed by atoms with Gasteiger partial charge < -0.3 is 9.47 Å². The first-order chi connectivity index (χ1) is 14.0. The number of fused-ring (bicyclic) bond motifs is 3. The summed E-state index contributed by atoms with van der Waals surface area (Å²) in [5, 5.41) is 0. The normalized spacial score (nSPS) is 33.9. The molecule has 4 nitrogen and oxygen atoms in total. The van der Waals surface area contributed by atoms with E-state index in [0.717, 1.165) is 24.3 Å². The second-order valence-electron chi connectivity index (χ2n) is 10.4. The Labute approximate surface area is 181 Å². The van der Waals surface area contributed by atoms with E-state index >= 15 is 0 Å². The summed E-state index contributed by atoms with van der Waals surface area (Å²) < 4.78 is 10.4. The van der Waals surface area contributed by atoms with E-state index < -0.39 is 0 Å². The van der Waals surface area contributed by atoms with Crippen molar-refractivity contribution in [3.63, 3.8) is 0 Å². The lowest BCUT2D eigenvalue weighted by atomic mass is 9.47. The van der Waals surface area contributed by atoms with Crippen LogP contribution in [0.15, 0.2) is 49.1 Å². The fourth-order valence-corrected chi connectivity index (χ4v) is 5.85. The number of carbonyl (C=O) groups excluding carboxylic acids is 2. The van der Waals surface area contributed by atoms with Crippen LogP contribution < -0.4 is 0 Å². The summed E-state index contributed by atoms with van der Waals surface area (Å²) in [6.45, 7) is 20.5. The van der Waals surface area contributed by atoms with E-state index in [1.807, 2.05) is 0 Å². The zero-order valence-corrected chi connectivity index (χ0v) is 18.9. The van der Waals surface area contributed by atoms with Gasteiger partial charge in [0, 0.05) is 12.2 Å². The van der Waals surface area contributed by atoms with Crippen molar-refractivity contribution in [2.75, 3.05) is 6.61 Å². The molecule has 0 aromatic heterocycles. The molecule has 0 heterocycles. The van der Waals surface area contributed by atoms with Crippen molar-refractivity contribution in [1.29, 1.82) is 0 Å². The molecule has 0 radical (unpaired) electrons. The Morgan fingerprint density at radius 2 is 1.60 bits per heavy atom. The molecule has 0 aromatic carbocycles. The third-order valence-electron chi connectivity index (χ3n) is 8.39. The van der Waals surface area contributed by atoms with Crippen molar-refractivity contribution in [2.45, 2.75) is 59.5 Å². The molecule has 6 rings (SSSR count). The van der Waals surface area contributed by atoms with Crippen LogP contribution in [0, 0.1) is 34.5 Å². The van der Waals surface area contributed by atoms with E-state index in [1.165, 1.54) is 30.6 Å². The summed E-state index contributed by atoms with van der Waals surface area (Å²) in [5.41, 5.74) is 3.16. The van der Waals surface area contributed by atoms with Gasteiger partial charge in [0.05, 0.1) is 0 Å². The molecule has 0 saturated heterocycles. The highest BCUT2D eigenvalue weighted by atomic mass is 16.5. The third kappa shape index (κ3) is 3.93. The Morgan fingerprint density at radius 3 is 2.10 bits per heavy atom. The number of carbonyl (C=O) groups is 2. The van der Waals surface area contributed by atoms with E-state index in [1.54, 1.807) is 0 Å². The maximum Gasteiger partial charge on any atom is 0.330 e. The van der Waals surface area contributed by atoms with Crippen LogP contribution in [-0.2, 0) is 19.1 Å². The number of hydrogen-bond donors (Lipinski definition) is 0. The first-order valence-electron chi connectivity index (χ1n) is 11.0. The molecule has 4 bridgehead atoms. The molecule has 0 unspecified atom stereocenters. The van der Waals surface area contributed by atoms with E-state index in [4.69, 9.17) is 9.47 Å². The van der Waals surface area contributed by atoms with Gasteiger partial charge >= 0.3 is 11.9 Å². The predicted octanol–water partition coefficient (Wildman–Crippen LogP) is 5.41. The van der Waals surface area contributed by atoms with Gasteiger partial charge in [0.15, 0.2) is 0 Å². The van der Waals surface area contributed by atoms with Crippen molar-refractivity contribution >= 4 is 11.9 Å². The number of rotatable bonds is 5. The van der Waals surface area contributed by atoms with Gasteiger partial charge in [-0.2, -0.15) is 0 Å². The number of allylic oxidation sites excluding steroid dienone is 1. The van der Waals surface area contributed by atoms with Crippen molar-refractivity contribution in [1.82, 2.24) is 0 Å². The maximum absolute atomic E-state index is 11.1. The average Bonchev–Trinajstić information content (AvgIpc) is 2.73. The Hall–Kier alpha value is -2.10. The standard InChI is InChI=1S/2C13H18O2/c1-5-12(14)15-11-7-9-6-10(8(11)2)13(9,3)4;1-4-12(14)15-8-9-5-6-10-7-11(9)13(10,2)3/h5,9-11H,1-2,6-7H2,3-4H3;4-5,10-11H,1,6-8H2,2-3H3/t9-,10+,11-;10-,11-/m10/s1. The van der Waals surface area contributed by atoms with E-state index in [9.17, 15) is 9.59 Å². The molecule has 5 atom stereocenters. The fourth-order valence-electron chi connectivity index (χ4n) is 5.85. The van der Waals surface area contributed by atoms with Crippen LogP contribution in [0.4, 0.5) is 0 Å². The quantitative estimate of drug-likeness (QED) is 0.344. The smallest absolute Gasteiger partial charge is 0.330 e. The summed E-state index contributed by atoms with van der Waals surface area (Å²) in [7, 11) is 0. The largest absolute Gasteiger partial charge is 0.458 e. The Morgan fingerprint density at radius 1 is 1.00 bits per heavy atom. The lowest BCUT2D eigenvalue weighted by Gasteiger charge is -2.59. The third-order valence-corrected chi connectivity index (χ3v) is 8.39. The van der Waals surface area contributed by atoms with Crippen molar-refractivity contribution in [2.24, 2.45) is 34.5 Å². The molecule has 0 aliphatic heterocycles. The van der Waals surface area contributed by atoms with Crippen LogP contribution in [0.2, 0.25) is 0 Å². The maximum atomic E-state index is 11.1. The minimum atomic E-state index is -0.333. The topological polar surface area (TPSA) is 52.6 Å². The molecule has 0 spiro atoms. The second kappa shape index (κ2) is 8.20. The van der Waals surface area contributed by atoms with Crippen LogP contribution in [0.1, 0.15) is 53.4 Å². The molecule has 0 aromatic rings. The first-order valence-corrected chi connectivity index (χ1v) is 11.0. The number of hydrogen-bond acceptors (Lipinski definition) is 4. The Balaban J connectivity index is 0.000000171. The monoisotopic (exact) mass is 412 g/mol. The SMILES string of the molecule is C=CC(=O)OCC1=CC[C@H]2C[C@@H]1C2(C)C.C=CC(=O)O[C@@H]1C[C@H]2C[C@@H](C1=C)C2(C)C. The fraction of sp³-hybridized carbons (Fsp3) is 0.615. The Kier molecular flexibility index (Phi) is 6.18. The zero-order chi connectivity index (χ0) is 22.3. The molecule has 30 heavy (non-hydrogen) atoms. The van der Waals surface area contributed by atoms with Gasteiger partial charge in [0.2, 0.25) is 0 Å². The molecular weight excluding hydrogens is 376 g/mol. The van der Waals surface area contributed by atoms with Gasteiger partial charge in [0.1, 0.15) is 12.7 Å². The van der Waals surface area contributed by atoms with Crippen molar-refractivity contribution < 1.29 is 19.1 Å². The highest BCUT2D eigenvalue weighted by Gasteiger charge is 2.55. The van der Waals surface area contributed by atoms with Gasteiger partial charge in [-0.05, 0) is 71.3 Å². The number of ether oxygens (including phenoxy) is 2. The first kappa shape index (κ1) is 22.6. The van der Waals surface area contributed by atoms with E-state index in [-0.39, 0.29) is 18.0 Å². The predicted molar refractivity (Wildman–Crippen MR) is 118 cm³/mol. The minimum absolute atomic E-state index is 0.0766. The molecule has 0 N–H and O–H groups in total. The van der Waals surface area contributed by atoms with Crippen LogP contribution >= 0.6 is 0 Å². The molecule has 4 heteroatoms. The molecule has 4 fully saturated rings. The molecular formula is C26H36O4. The van der Waals surface area contributed by atoms with Gasteiger partial charge in [-0.25, -0.2) is 9.59 Å². The van der Waals surface area contributed by atoms with Crippen LogP contribution in [0.25, 0.3) is 0 Å². The second-order valence-corrected chi connectivity index (χ2v) is 10.4. The van der Waals surface area contributed by atoms with Crippen molar-refractivity contribution in [3.8, 4) is 0 Å². The molecule has 6 aliphatic carbocycles. The average molecular weight is 413 g/mol. The molecule has 164 valence electrons. The molecule has 4 saturated carbocycles. The van der Waals surface area contributed by atoms with Crippen molar-refractivity contribution in [3.05, 3.63) is 49.1 Å². The summed E-state index contributed by atoms with van der Waals surface area (Å²) in [6.07, 6.45) is 9.18.